The molecule has 0 bridgehead atoms. The first-order valence-corrected chi connectivity index (χ1v) is 5.60. The summed E-state index contributed by atoms with van der Waals surface area (Å²) >= 11 is 3.53. The van der Waals surface area contributed by atoms with Gasteiger partial charge in [0, 0.05) is 17.6 Å². The van der Waals surface area contributed by atoms with Crippen LogP contribution in [0, 0.1) is 6.92 Å². The van der Waals surface area contributed by atoms with Crippen LogP contribution in [0.15, 0.2) is 22.7 Å². The number of halogens is 1. The van der Waals surface area contributed by atoms with Gasteiger partial charge in [-0.3, -0.25) is 0 Å². The van der Waals surface area contributed by atoms with E-state index >= 15 is 0 Å². The molecule has 0 radical (unpaired) electrons. The number of aryl methyl sites for hydroxylation is 1. The molecule has 78 valence electrons. The fourth-order valence-corrected chi connectivity index (χ4v) is 1.86. The van der Waals surface area contributed by atoms with Gasteiger partial charge in [0.1, 0.15) is 0 Å². The predicted molar refractivity (Wildman–Crippen MR) is 62.3 cm³/mol. The van der Waals surface area contributed by atoms with Gasteiger partial charge in [-0.05, 0) is 37.1 Å². The van der Waals surface area contributed by atoms with Crippen LogP contribution in [0.2, 0.25) is 0 Å². The molecule has 3 heteroatoms. The highest BCUT2D eigenvalue weighted by Gasteiger charge is 1.98. The van der Waals surface area contributed by atoms with E-state index in [0.717, 1.165) is 24.0 Å². The zero-order valence-electron chi connectivity index (χ0n) is 8.39. The fraction of sp³-hybridized carbons (Fsp3) is 0.455. The van der Waals surface area contributed by atoms with Gasteiger partial charge < -0.3 is 10.4 Å². The lowest BCUT2D eigenvalue weighted by Crippen LogP contribution is -2.15. The Balaban J connectivity index is 2.42. The monoisotopic (exact) mass is 257 g/mol. The van der Waals surface area contributed by atoms with Crippen molar-refractivity contribution in [3.8, 4) is 0 Å². The zero-order chi connectivity index (χ0) is 10.4. The summed E-state index contributed by atoms with van der Waals surface area (Å²) in [5.41, 5.74) is 2.52. The SMILES string of the molecule is Cc1ccc(CNCCCO)c(Br)c1. The molecule has 0 aromatic heterocycles. The van der Waals surface area contributed by atoms with Gasteiger partial charge in [0.15, 0.2) is 0 Å². The molecule has 0 spiro atoms. The Morgan fingerprint density at radius 2 is 2.21 bits per heavy atom. The quantitative estimate of drug-likeness (QED) is 0.794. The first-order chi connectivity index (χ1) is 6.74. The largest absolute Gasteiger partial charge is 0.396 e. The second-order valence-electron chi connectivity index (χ2n) is 3.35. The molecule has 0 amide bonds. The van der Waals surface area contributed by atoms with Gasteiger partial charge in [0.2, 0.25) is 0 Å². The summed E-state index contributed by atoms with van der Waals surface area (Å²) in [6, 6.07) is 6.34. The van der Waals surface area contributed by atoms with E-state index in [1.54, 1.807) is 0 Å². The predicted octanol–water partition coefficient (Wildman–Crippen LogP) is 2.23. The van der Waals surface area contributed by atoms with E-state index in [9.17, 15) is 0 Å². The normalized spacial score (nSPS) is 10.5. The lowest BCUT2D eigenvalue weighted by Gasteiger charge is -2.06. The van der Waals surface area contributed by atoms with Crippen molar-refractivity contribution in [3.63, 3.8) is 0 Å². The molecule has 1 aromatic carbocycles. The summed E-state index contributed by atoms with van der Waals surface area (Å²) in [4.78, 5) is 0. The third kappa shape index (κ3) is 3.78. The highest BCUT2D eigenvalue weighted by molar-refractivity contribution is 9.10. The molecule has 0 aliphatic carbocycles. The molecule has 0 saturated heterocycles. The van der Waals surface area contributed by atoms with E-state index in [-0.39, 0.29) is 6.61 Å². The number of rotatable bonds is 5. The van der Waals surface area contributed by atoms with Gasteiger partial charge in [-0.2, -0.15) is 0 Å². The average Bonchev–Trinajstić information content (AvgIpc) is 2.15. The van der Waals surface area contributed by atoms with E-state index in [0.29, 0.717) is 0 Å². The number of aliphatic hydroxyl groups is 1. The van der Waals surface area contributed by atoms with Gasteiger partial charge >= 0.3 is 0 Å². The maximum atomic E-state index is 8.61. The minimum atomic E-state index is 0.252. The highest BCUT2D eigenvalue weighted by Crippen LogP contribution is 2.17. The second-order valence-corrected chi connectivity index (χ2v) is 4.20. The van der Waals surface area contributed by atoms with Crippen LogP contribution in [-0.2, 0) is 6.54 Å². The summed E-state index contributed by atoms with van der Waals surface area (Å²) < 4.78 is 1.15. The molecule has 14 heavy (non-hydrogen) atoms. The van der Waals surface area contributed by atoms with E-state index in [4.69, 9.17) is 5.11 Å². The fourth-order valence-electron chi connectivity index (χ4n) is 1.22. The van der Waals surface area contributed by atoms with Crippen LogP contribution in [0.3, 0.4) is 0 Å². The molecular formula is C11H16BrNO. The van der Waals surface area contributed by atoms with Crippen molar-refractivity contribution in [2.75, 3.05) is 13.2 Å². The summed E-state index contributed by atoms with van der Waals surface area (Å²) in [5, 5.41) is 11.9. The lowest BCUT2D eigenvalue weighted by molar-refractivity contribution is 0.286. The van der Waals surface area contributed by atoms with Crippen LogP contribution in [0.1, 0.15) is 17.5 Å². The average molecular weight is 258 g/mol. The molecule has 2 nitrogen and oxygen atoms in total. The molecule has 2 N–H and O–H groups in total. The summed E-state index contributed by atoms with van der Waals surface area (Å²) in [5.74, 6) is 0. The molecular weight excluding hydrogens is 242 g/mol. The van der Waals surface area contributed by atoms with Crippen molar-refractivity contribution in [3.05, 3.63) is 33.8 Å². The maximum Gasteiger partial charge on any atom is 0.0443 e. The molecule has 0 atom stereocenters. The smallest absolute Gasteiger partial charge is 0.0443 e. The topological polar surface area (TPSA) is 32.3 Å². The van der Waals surface area contributed by atoms with E-state index in [2.05, 4.69) is 46.4 Å². The Morgan fingerprint density at radius 1 is 1.43 bits per heavy atom. The maximum absolute atomic E-state index is 8.61. The van der Waals surface area contributed by atoms with Gasteiger partial charge in [0.05, 0.1) is 0 Å². The molecule has 0 aliphatic rings. The van der Waals surface area contributed by atoms with E-state index < -0.39 is 0 Å². The van der Waals surface area contributed by atoms with Crippen molar-refractivity contribution < 1.29 is 5.11 Å². The summed E-state index contributed by atoms with van der Waals surface area (Å²) in [6.07, 6.45) is 0.809. The minimum absolute atomic E-state index is 0.252. The van der Waals surface area contributed by atoms with Gasteiger partial charge in [-0.15, -0.1) is 0 Å². The third-order valence-electron chi connectivity index (χ3n) is 2.04. The van der Waals surface area contributed by atoms with Gasteiger partial charge in [-0.1, -0.05) is 28.1 Å². The van der Waals surface area contributed by atoms with Crippen LogP contribution >= 0.6 is 15.9 Å². The molecule has 1 rings (SSSR count). The Kier molecular flexibility index (Phi) is 5.15. The summed E-state index contributed by atoms with van der Waals surface area (Å²) in [7, 11) is 0. The first kappa shape index (κ1) is 11.7. The van der Waals surface area contributed by atoms with Crippen LogP contribution in [-0.4, -0.2) is 18.3 Å². The Hall–Kier alpha value is -0.380. The highest BCUT2D eigenvalue weighted by atomic mass is 79.9. The molecule has 0 unspecified atom stereocenters. The molecule has 0 saturated carbocycles. The van der Waals surface area contributed by atoms with Crippen LogP contribution in [0.25, 0.3) is 0 Å². The standard InChI is InChI=1S/C11H16BrNO/c1-9-3-4-10(11(12)7-9)8-13-5-2-6-14/h3-4,7,13-14H,2,5-6,8H2,1H3. The third-order valence-corrected chi connectivity index (χ3v) is 2.77. The van der Waals surface area contributed by atoms with Crippen molar-refractivity contribution in [2.45, 2.75) is 19.9 Å². The number of nitrogens with one attached hydrogen (secondary N) is 1. The van der Waals surface area contributed by atoms with E-state index in [1.165, 1.54) is 11.1 Å². The van der Waals surface area contributed by atoms with E-state index in [1.807, 2.05) is 0 Å². The van der Waals surface area contributed by atoms with Crippen molar-refractivity contribution >= 4 is 15.9 Å². The second kappa shape index (κ2) is 6.17. The number of hydrogen-bond acceptors (Lipinski definition) is 2. The number of hydrogen-bond donors (Lipinski definition) is 2. The lowest BCUT2D eigenvalue weighted by atomic mass is 10.1. The number of benzene rings is 1. The van der Waals surface area contributed by atoms with Crippen molar-refractivity contribution in [2.24, 2.45) is 0 Å². The van der Waals surface area contributed by atoms with Crippen molar-refractivity contribution in [1.29, 1.82) is 0 Å². The molecule has 0 fully saturated rings. The van der Waals surface area contributed by atoms with Crippen LogP contribution < -0.4 is 5.32 Å². The Labute approximate surface area is 93.5 Å². The molecule has 0 heterocycles. The first-order valence-electron chi connectivity index (χ1n) is 4.80. The Morgan fingerprint density at radius 3 is 2.86 bits per heavy atom. The molecule has 0 aliphatic heterocycles. The van der Waals surface area contributed by atoms with Gasteiger partial charge in [-0.25, -0.2) is 0 Å². The molecule has 1 aromatic rings. The summed E-state index contributed by atoms with van der Waals surface area (Å²) in [6.45, 7) is 4.04. The van der Waals surface area contributed by atoms with Gasteiger partial charge in [0.25, 0.3) is 0 Å². The van der Waals surface area contributed by atoms with Crippen molar-refractivity contribution in [1.82, 2.24) is 5.32 Å². The Bertz CT molecular complexity index is 289. The van der Waals surface area contributed by atoms with Crippen LogP contribution in [0.5, 0.6) is 0 Å². The number of aliphatic hydroxyl groups excluding tert-OH is 1. The zero-order valence-corrected chi connectivity index (χ0v) is 9.97. The minimum Gasteiger partial charge on any atom is -0.396 e. The van der Waals surface area contributed by atoms with Crippen LogP contribution in [0.4, 0.5) is 0 Å².